The van der Waals surface area contributed by atoms with Crippen LogP contribution in [0.4, 0.5) is 20.4 Å². The Morgan fingerprint density at radius 1 is 1.06 bits per heavy atom. The van der Waals surface area contributed by atoms with Crippen LogP contribution in [0.1, 0.15) is 12.8 Å². The summed E-state index contributed by atoms with van der Waals surface area (Å²) in [5.41, 5.74) is 0.0324. The lowest BCUT2D eigenvalue weighted by Crippen LogP contribution is -2.48. The molecule has 0 atom stereocenters. The molecule has 13 heteroatoms. The second-order valence-electron chi connectivity index (χ2n) is 8.57. The molecule has 0 amide bonds. The maximum Gasteiger partial charge on any atom is 0.263 e. The molecular formula is C21H24F2N6O4S. The molecule has 5 rings (SSSR count). The summed E-state index contributed by atoms with van der Waals surface area (Å²) in [6.07, 6.45) is 1.67. The van der Waals surface area contributed by atoms with E-state index in [2.05, 4.69) is 15.1 Å². The molecule has 0 spiro atoms. The largest absolute Gasteiger partial charge is 0.490 e. The maximum atomic E-state index is 14.9. The van der Waals surface area contributed by atoms with Gasteiger partial charge in [0.1, 0.15) is 22.9 Å². The molecule has 2 aromatic heterocycles. The molecule has 2 aliphatic rings. The van der Waals surface area contributed by atoms with Gasteiger partial charge in [0.05, 0.1) is 17.7 Å². The first-order valence-electron chi connectivity index (χ1n) is 11.0. The molecule has 3 aromatic rings. The molecule has 0 unspecified atom stereocenters. The van der Waals surface area contributed by atoms with Crippen molar-refractivity contribution in [1.29, 1.82) is 0 Å². The molecule has 2 aliphatic heterocycles. The Kier molecular flexibility index (Phi) is 5.66. The predicted octanol–water partition coefficient (Wildman–Crippen LogP) is 1.22. The minimum Gasteiger partial charge on any atom is -0.490 e. The van der Waals surface area contributed by atoms with Crippen LogP contribution in [-0.2, 0) is 16.9 Å². The van der Waals surface area contributed by atoms with Gasteiger partial charge in [-0.2, -0.15) is 10.1 Å². The van der Waals surface area contributed by atoms with Gasteiger partial charge in [-0.15, -0.1) is 0 Å². The van der Waals surface area contributed by atoms with Crippen LogP contribution in [0.3, 0.4) is 0 Å². The first kappa shape index (κ1) is 22.6. The van der Waals surface area contributed by atoms with Crippen molar-refractivity contribution >= 4 is 32.5 Å². The SMILES string of the molecule is Cn1ncc2c(=O)[nH]c(N3CCN(c4c(F)cc(OC5CCS(=O)(=O)CC5)cc4F)CC3)nc21. The minimum atomic E-state index is -3.05. The number of aromatic nitrogens is 4. The van der Waals surface area contributed by atoms with Gasteiger partial charge in [0.2, 0.25) is 5.95 Å². The smallest absolute Gasteiger partial charge is 0.263 e. The summed E-state index contributed by atoms with van der Waals surface area (Å²) < 4.78 is 60.1. The summed E-state index contributed by atoms with van der Waals surface area (Å²) >= 11 is 0. The molecule has 182 valence electrons. The lowest BCUT2D eigenvalue weighted by atomic mass is 10.2. The number of hydrogen-bond donors (Lipinski definition) is 1. The van der Waals surface area contributed by atoms with Gasteiger partial charge < -0.3 is 14.5 Å². The highest BCUT2D eigenvalue weighted by Crippen LogP contribution is 2.31. The molecule has 2 fully saturated rings. The maximum absolute atomic E-state index is 14.9. The van der Waals surface area contributed by atoms with Crippen LogP contribution >= 0.6 is 0 Å². The van der Waals surface area contributed by atoms with Crippen molar-refractivity contribution in [1.82, 2.24) is 19.7 Å². The molecule has 0 saturated carbocycles. The lowest BCUT2D eigenvalue weighted by Gasteiger charge is -2.36. The quantitative estimate of drug-likeness (QED) is 0.576. The van der Waals surface area contributed by atoms with E-state index >= 15 is 0 Å². The summed E-state index contributed by atoms with van der Waals surface area (Å²) in [6, 6.07) is 2.28. The number of nitrogens with one attached hydrogen (secondary N) is 1. The van der Waals surface area contributed by atoms with Gasteiger partial charge in [0.25, 0.3) is 5.56 Å². The van der Waals surface area contributed by atoms with E-state index in [-0.39, 0.29) is 34.6 Å². The first-order chi connectivity index (χ1) is 16.2. The third kappa shape index (κ3) is 4.31. The number of halogens is 2. The molecule has 0 bridgehead atoms. The summed E-state index contributed by atoms with van der Waals surface area (Å²) in [6.45, 7) is 1.45. The Morgan fingerprint density at radius 2 is 1.68 bits per heavy atom. The molecule has 1 aromatic carbocycles. The number of aromatic amines is 1. The molecule has 4 heterocycles. The Bertz CT molecular complexity index is 1360. The van der Waals surface area contributed by atoms with Gasteiger partial charge in [-0.1, -0.05) is 0 Å². The zero-order valence-electron chi connectivity index (χ0n) is 18.5. The van der Waals surface area contributed by atoms with Crippen LogP contribution in [0.15, 0.2) is 23.1 Å². The number of benzene rings is 1. The van der Waals surface area contributed by atoms with Crippen molar-refractivity contribution in [3.8, 4) is 5.75 Å². The van der Waals surface area contributed by atoms with Crippen LogP contribution in [-0.4, -0.2) is 72.0 Å². The van der Waals surface area contributed by atoms with E-state index in [0.29, 0.717) is 56.0 Å². The standard InChI is InChI=1S/C21H24F2N6O4S/c1-27-19-15(12-24-27)20(30)26-21(25-19)29-6-4-28(5-7-29)18-16(22)10-14(11-17(18)23)33-13-2-8-34(31,32)9-3-13/h10-13H,2-9H2,1H3,(H,25,26,30). The second kappa shape index (κ2) is 8.53. The Balaban J connectivity index is 1.28. The summed E-state index contributed by atoms with van der Waals surface area (Å²) in [5, 5.41) is 4.45. The lowest BCUT2D eigenvalue weighted by molar-refractivity contribution is 0.188. The topological polar surface area (TPSA) is 113 Å². The van der Waals surface area contributed by atoms with E-state index < -0.39 is 21.5 Å². The van der Waals surface area contributed by atoms with Gasteiger partial charge in [0.15, 0.2) is 27.1 Å². The van der Waals surface area contributed by atoms with Crippen LogP contribution in [0.25, 0.3) is 11.0 Å². The van der Waals surface area contributed by atoms with Crippen molar-refractivity contribution in [2.75, 3.05) is 47.5 Å². The Labute approximate surface area is 194 Å². The molecule has 34 heavy (non-hydrogen) atoms. The van der Waals surface area contributed by atoms with Crippen molar-refractivity contribution in [3.63, 3.8) is 0 Å². The van der Waals surface area contributed by atoms with Gasteiger partial charge in [-0.05, 0) is 12.8 Å². The summed E-state index contributed by atoms with van der Waals surface area (Å²) in [5.74, 6) is -1.02. The molecule has 1 N–H and O–H groups in total. The van der Waals surface area contributed by atoms with E-state index in [1.165, 1.54) is 10.9 Å². The second-order valence-corrected chi connectivity index (χ2v) is 10.9. The number of aryl methyl sites for hydroxylation is 1. The highest BCUT2D eigenvalue weighted by molar-refractivity contribution is 7.91. The van der Waals surface area contributed by atoms with Gasteiger partial charge in [0, 0.05) is 45.4 Å². The fraction of sp³-hybridized carbons (Fsp3) is 0.476. The van der Waals surface area contributed by atoms with E-state index in [4.69, 9.17) is 4.74 Å². The Morgan fingerprint density at radius 3 is 2.32 bits per heavy atom. The fourth-order valence-corrected chi connectivity index (χ4v) is 5.85. The highest BCUT2D eigenvalue weighted by Gasteiger charge is 2.27. The number of ether oxygens (including phenoxy) is 1. The summed E-state index contributed by atoms with van der Waals surface area (Å²) in [7, 11) is -1.35. The van der Waals surface area contributed by atoms with Gasteiger partial charge in [-0.25, -0.2) is 17.2 Å². The molecule has 0 radical (unpaired) electrons. The van der Waals surface area contributed by atoms with Crippen molar-refractivity contribution < 1.29 is 21.9 Å². The van der Waals surface area contributed by atoms with Gasteiger partial charge >= 0.3 is 0 Å². The Hall–Kier alpha value is -3.22. The number of piperazine rings is 1. The monoisotopic (exact) mass is 494 g/mol. The zero-order valence-corrected chi connectivity index (χ0v) is 19.3. The average Bonchev–Trinajstić information content (AvgIpc) is 3.17. The summed E-state index contributed by atoms with van der Waals surface area (Å²) in [4.78, 5) is 23.0. The van der Waals surface area contributed by atoms with Crippen molar-refractivity contribution in [2.45, 2.75) is 18.9 Å². The number of anilines is 2. The average molecular weight is 495 g/mol. The van der Waals surface area contributed by atoms with Crippen LogP contribution in [0.2, 0.25) is 0 Å². The van der Waals surface area contributed by atoms with Gasteiger partial charge in [-0.3, -0.25) is 14.5 Å². The number of sulfone groups is 1. The number of H-pyrrole nitrogens is 1. The van der Waals surface area contributed by atoms with E-state index in [0.717, 1.165) is 12.1 Å². The minimum absolute atomic E-state index is 0.0125. The molecular weight excluding hydrogens is 470 g/mol. The van der Waals surface area contributed by atoms with E-state index in [9.17, 15) is 22.0 Å². The third-order valence-corrected chi connectivity index (χ3v) is 7.99. The van der Waals surface area contributed by atoms with Crippen LogP contribution in [0.5, 0.6) is 5.75 Å². The predicted molar refractivity (Wildman–Crippen MR) is 122 cm³/mol. The first-order valence-corrected chi connectivity index (χ1v) is 12.8. The molecule has 10 nitrogen and oxygen atoms in total. The normalized spacial score (nSPS) is 19.0. The van der Waals surface area contributed by atoms with E-state index in [1.54, 1.807) is 11.9 Å². The van der Waals surface area contributed by atoms with Crippen molar-refractivity contribution in [3.05, 3.63) is 40.3 Å². The molecule has 2 saturated heterocycles. The van der Waals surface area contributed by atoms with Crippen molar-refractivity contribution in [2.24, 2.45) is 7.05 Å². The number of hydrogen-bond acceptors (Lipinski definition) is 8. The number of fused-ring (bicyclic) bond motifs is 1. The third-order valence-electron chi connectivity index (χ3n) is 6.28. The molecule has 0 aliphatic carbocycles. The highest BCUT2D eigenvalue weighted by atomic mass is 32.2. The van der Waals surface area contributed by atoms with Crippen LogP contribution in [0, 0.1) is 11.6 Å². The van der Waals surface area contributed by atoms with E-state index in [1.807, 2.05) is 4.90 Å². The van der Waals surface area contributed by atoms with Crippen LogP contribution < -0.4 is 20.1 Å². The fourth-order valence-electron chi connectivity index (χ4n) is 4.40. The number of rotatable bonds is 4. The number of nitrogens with zero attached hydrogens (tertiary/aromatic N) is 5. The zero-order chi connectivity index (χ0) is 24.0.